The molecule has 102 valence electrons. The Hall–Kier alpha value is -1.61. The summed E-state index contributed by atoms with van der Waals surface area (Å²) < 4.78 is 2.16. The van der Waals surface area contributed by atoms with E-state index in [2.05, 4.69) is 48.5 Å². The van der Waals surface area contributed by atoms with Crippen molar-refractivity contribution in [1.29, 1.82) is 0 Å². The van der Waals surface area contributed by atoms with Crippen LogP contribution in [0.15, 0.2) is 30.6 Å². The number of hydrogen-bond acceptors (Lipinski definition) is 2. The minimum atomic E-state index is -0.0383. The molecule has 2 rings (SSSR count). The Bertz CT molecular complexity index is 543. The topological polar surface area (TPSA) is 43.8 Å². The van der Waals surface area contributed by atoms with Crippen LogP contribution in [-0.2, 0) is 13.0 Å². The van der Waals surface area contributed by atoms with Crippen LogP contribution < -0.4 is 5.73 Å². The summed E-state index contributed by atoms with van der Waals surface area (Å²) in [6.07, 6.45) is 5.78. The predicted octanol–water partition coefficient (Wildman–Crippen LogP) is 3.15. The van der Waals surface area contributed by atoms with Crippen LogP contribution >= 0.6 is 0 Å². The van der Waals surface area contributed by atoms with E-state index in [9.17, 15) is 0 Å². The highest BCUT2D eigenvalue weighted by atomic mass is 15.1. The van der Waals surface area contributed by atoms with Gasteiger partial charge in [0.05, 0.1) is 6.04 Å². The Balaban J connectivity index is 2.13. The highest BCUT2D eigenvalue weighted by molar-refractivity contribution is 5.30. The number of hydrogen-bond donors (Lipinski definition) is 1. The summed E-state index contributed by atoms with van der Waals surface area (Å²) in [7, 11) is 0. The van der Waals surface area contributed by atoms with Crippen molar-refractivity contribution in [3.63, 3.8) is 0 Å². The van der Waals surface area contributed by atoms with Crippen LogP contribution in [0.5, 0.6) is 0 Å². The molecule has 1 atom stereocenters. The molecule has 1 unspecified atom stereocenters. The van der Waals surface area contributed by atoms with E-state index in [4.69, 9.17) is 5.73 Å². The monoisotopic (exact) mass is 257 g/mol. The third-order valence-corrected chi connectivity index (χ3v) is 3.57. The fourth-order valence-electron chi connectivity index (χ4n) is 2.36. The number of nitrogens with zero attached hydrogens (tertiary/aromatic N) is 2. The Kier molecular flexibility index (Phi) is 4.38. The first-order chi connectivity index (χ1) is 9.11. The van der Waals surface area contributed by atoms with Crippen LogP contribution in [0.3, 0.4) is 0 Å². The fraction of sp³-hybridized carbons (Fsp3) is 0.438. The maximum absolute atomic E-state index is 6.31. The smallest absolute Gasteiger partial charge is 0.125 e. The molecule has 0 aliphatic carbocycles. The van der Waals surface area contributed by atoms with E-state index >= 15 is 0 Å². The normalized spacial score (nSPS) is 12.6. The molecule has 0 saturated carbocycles. The summed E-state index contributed by atoms with van der Waals surface area (Å²) in [6.45, 7) is 7.42. The van der Waals surface area contributed by atoms with Crippen molar-refractivity contribution in [2.75, 3.05) is 0 Å². The van der Waals surface area contributed by atoms with E-state index in [0.29, 0.717) is 0 Å². The molecule has 1 heterocycles. The highest BCUT2D eigenvalue weighted by Crippen LogP contribution is 2.17. The summed E-state index contributed by atoms with van der Waals surface area (Å²) in [5.74, 6) is 0.986. The van der Waals surface area contributed by atoms with Gasteiger partial charge in [-0.05, 0) is 43.4 Å². The van der Waals surface area contributed by atoms with Gasteiger partial charge in [0, 0.05) is 18.9 Å². The lowest BCUT2D eigenvalue weighted by Gasteiger charge is -2.14. The molecule has 0 bridgehead atoms. The molecule has 3 heteroatoms. The number of rotatable bonds is 5. The Morgan fingerprint density at radius 1 is 1.26 bits per heavy atom. The molecular weight excluding hydrogens is 234 g/mol. The van der Waals surface area contributed by atoms with Gasteiger partial charge in [-0.1, -0.05) is 25.1 Å². The first-order valence-electron chi connectivity index (χ1n) is 6.94. The molecule has 19 heavy (non-hydrogen) atoms. The van der Waals surface area contributed by atoms with Crippen LogP contribution in [0.25, 0.3) is 0 Å². The van der Waals surface area contributed by atoms with Crippen LogP contribution in [0, 0.1) is 13.8 Å². The molecule has 3 nitrogen and oxygen atoms in total. The number of aryl methyl sites for hydroxylation is 3. The van der Waals surface area contributed by atoms with Crippen molar-refractivity contribution >= 4 is 0 Å². The molecule has 0 fully saturated rings. The zero-order chi connectivity index (χ0) is 13.8. The van der Waals surface area contributed by atoms with Crippen LogP contribution in [0.4, 0.5) is 0 Å². The van der Waals surface area contributed by atoms with E-state index in [0.717, 1.165) is 25.2 Å². The van der Waals surface area contributed by atoms with E-state index in [1.807, 2.05) is 12.4 Å². The second-order valence-electron chi connectivity index (χ2n) is 5.21. The van der Waals surface area contributed by atoms with Crippen molar-refractivity contribution in [2.45, 2.75) is 46.2 Å². The van der Waals surface area contributed by atoms with Gasteiger partial charge in [0.15, 0.2) is 0 Å². The second-order valence-corrected chi connectivity index (χ2v) is 5.21. The van der Waals surface area contributed by atoms with Crippen LogP contribution in [0.1, 0.15) is 41.9 Å². The fourth-order valence-corrected chi connectivity index (χ4v) is 2.36. The first kappa shape index (κ1) is 13.8. The molecular formula is C16H23N3. The SMILES string of the molecule is CCCn1ccnc1C(N)Cc1ccc(C)c(C)c1. The highest BCUT2D eigenvalue weighted by Gasteiger charge is 2.13. The molecule has 2 N–H and O–H groups in total. The maximum Gasteiger partial charge on any atom is 0.125 e. The third-order valence-electron chi connectivity index (χ3n) is 3.57. The van der Waals surface area contributed by atoms with Gasteiger partial charge >= 0.3 is 0 Å². The third kappa shape index (κ3) is 3.24. The summed E-state index contributed by atoms with van der Waals surface area (Å²) in [6, 6.07) is 6.51. The number of benzene rings is 1. The maximum atomic E-state index is 6.31. The minimum absolute atomic E-state index is 0.0383. The molecule has 2 aromatic rings. The van der Waals surface area contributed by atoms with Gasteiger partial charge < -0.3 is 10.3 Å². The molecule has 1 aromatic heterocycles. The summed E-state index contributed by atoms with van der Waals surface area (Å²) >= 11 is 0. The van der Waals surface area contributed by atoms with Gasteiger partial charge in [-0.2, -0.15) is 0 Å². The van der Waals surface area contributed by atoms with E-state index in [1.54, 1.807) is 0 Å². The molecule has 0 aliphatic rings. The summed E-state index contributed by atoms with van der Waals surface area (Å²) in [5, 5.41) is 0. The Labute approximate surface area is 115 Å². The molecule has 0 radical (unpaired) electrons. The molecule has 0 aliphatic heterocycles. The lowest BCUT2D eigenvalue weighted by molar-refractivity contribution is 0.574. The Morgan fingerprint density at radius 3 is 2.74 bits per heavy atom. The van der Waals surface area contributed by atoms with Gasteiger partial charge in [0.25, 0.3) is 0 Å². The number of nitrogens with two attached hydrogens (primary N) is 1. The average molecular weight is 257 g/mol. The average Bonchev–Trinajstić information content (AvgIpc) is 2.83. The number of aromatic nitrogens is 2. The van der Waals surface area contributed by atoms with E-state index < -0.39 is 0 Å². The first-order valence-corrected chi connectivity index (χ1v) is 6.94. The van der Waals surface area contributed by atoms with Gasteiger partial charge in [-0.25, -0.2) is 4.98 Å². The van der Waals surface area contributed by atoms with Crippen molar-refractivity contribution < 1.29 is 0 Å². The quantitative estimate of drug-likeness (QED) is 0.894. The van der Waals surface area contributed by atoms with Gasteiger partial charge in [0.1, 0.15) is 5.82 Å². The van der Waals surface area contributed by atoms with Crippen molar-refractivity contribution in [1.82, 2.24) is 9.55 Å². The van der Waals surface area contributed by atoms with Gasteiger partial charge in [0.2, 0.25) is 0 Å². The minimum Gasteiger partial charge on any atom is -0.334 e. The van der Waals surface area contributed by atoms with E-state index in [-0.39, 0.29) is 6.04 Å². The Morgan fingerprint density at radius 2 is 2.05 bits per heavy atom. The van der Waals surface area contributed by atoms with Crippen LogP contribution in [0.2, 0.25) is 0 Å². The largest absolute Gasteiger partial charge is 0.334 e. The van der Waals surface area contributed by atoms with Gasteiger partial charge in [-0.3, -0.25) is 0 Å². The van der Waals surface area contributed by atoms with Crippen LogP contribution in [-0.4, -0.2) is 9.55 Å². The summed E-state index contributed by atoms with van der Waals surface area (Å²) in [4.78, 5) is 4.41. The number of imidazole rings is 1. The lowest BCUT2D eigenvalue weighted by Crippen LogP contribution is -2.19. The zero-order valence-corrected chi connectivity index (χ0v) is 12.1. The standard InChI is InChI=1S/C16H23N3/c1-4-8-19-9-7-18-16(19)15(17)11-14-6-5-12(2)13(3)10-14/h5-7,9-10,15H,4,8,11,17H2,1-3H3. The van der Waals surface area contributed by atoms with E-state index in [1.165, 1.54) is 16.7 Å². The predicted molar refractivity (Wildman–Crippen MR) is 79.1 cm³/mol. The molecule has 0 saturated heterocycles. The molecule has 0 spiro atoms. The van der Waals surface area contributed by atoms with Crippen molar-refractivity contribution in [3.05, 3.63) is 53.1 Å². The lowest BCUT2D eigenvalue weighted by atomic mass is 10.0. The van der Waals surface area contributed by atoms with Crippen molar-refractivity contribution in [3.8, 4) is 0 Å². The van der Waals surface area contributed by atoms with Gasteiger partial charge in [-0.15, -0.1) is 0 Å². The zero-order valence-electron chi connectivity index (χ0n) is 12.1. The van der Waals surface area contributed by atoms with Crippen molar-refractivity contribution in [2.24, 2.45) is 5.73 Å². The molecule has 0 amide bonds. The molecule has 1 aromatic carbocycles. The summed E-state index contributed by atoms with van der Waals surface area (Å²) in [5.41, 5.74) is 10.2. The second kappa shape index (κ2) is 6.02.